The van der Waals surface area contributed by atoms with Gasteiger partial charge >= 0.3 is 0 Å². The van der Waals surface area contributed by atoms with E-state index in [0.29, 0.717) is 18.4 Å². The van der Waals surface area contributed by atoms with E-state index in [0.717, 1.165) is 38.5 Å². The second-order valence-electron chi connectivity index (χ2n) is 11.4. The van der Waals surface area contributed by atoms with Gasteiger partial charge in [-0.2, -0.15) is 0 Å². The standard InChI is InChI=1S/C24H38O5/c1-21(2,28-10-9-25)18-13-20-24(29-20)16-6-5-14-11-15(26)7-8-22(14,3)17(16)12-19(27)23(18,24)4/h5,15-20,25-27H,6-13H2,1-4H3/t15?,16?,17?,18?,19?,20-,22+,23+,24-/m1/s1. The van der Waals surface area contributed by atoms with Crippen LogP contribution in [-0.2, 0) is 9.47 Å². The van der Waals surface area contributed by atoms with Crippen molar-refractivity contribution in [2.24, 2.45) is 28.6 Å². The Hall–Kier alpha value is -0.460. The van der Waals surface area contributed by atoms with Crippen molar-refractivity contribution in [2.75, 3.05) is 13.2 Å². The molecule has 1 heterocycles. The number of aliphatic hydroxyl groups is 3. The van der Waals surface area contributed by atoms with Crippen molar-refractivity contribution >= 4 is 0 Å². The highest BCUT2D eigenvalue weighted by atomic mass is 16.6. The van der Waals surface area contributed by atoms with Crippen molar-refractivity contribution in [3.63, 3.8) is 0 Å². The fourth-order valence-electron chi connectivity index (χ4n) is 8.48. The van der Waals surface area contributed by atoms with Gasteiger partial charge in [-0.3, -0.25) is 0 Å². The van der Waals surface area contributed by atoms with E-state index in [9.17, 15) is 15.3 Å². The van der Waals surface area contributed by atoms with Crippen molar-refractivity contribution in [1.29, 1.82) is 0 Å². The van der Waals surface area contributed by atoms with Crippen LogP contribution in [0.25, 0.3) is 0 Å². The highest BCUT2D eigenvalue weighted by Crippen LogP contribution is 2.77. The summed E-state index contributed by atoms with van der Waals surface area (Å²) in [5, 5.41) is 31.1. The summed E-state index contributed by atoms with van der Waals surface area (Å²) in [7, 11) is 0. The van der Waals surface area contributed by atoms with Crippen molar-refractivity contribution < 1.29 is 24.8 Å². The van der Waals surface area contributed by atoms with Gasteiger partial charge in [0.2, 0.25) is 0 Å². The van der Waals surface area contributed by atoms with Crippen LogP contribution in [0.15, 0.2) is 11.6 Å². The maximum atomic E-state index is 11.6. The Morgan fingerprint density at radius 3 is 2.69 bits per heavy atom. The summed E-state index contributed by atoms with van der Waals surface area (Å²) < 4.78 is 12.6. The molecule has 0 aromatic rings. The van der Waals surface area contributed by atoms with Gasteiger partial charge in [-0.15, -0.1) is 0 Å². The van der Waals surface area contributed by atoms with Gasteiger partial charge in [-0.05, 0) is 69.6 Å². The van der Waals surface area contributed by atoms with Gasteiger partial charge in [-0.1, -0.05) is 25.5 Å². The third-order valence-corrected chi connectivity index (χ3v) is 10.0. The zero-order valence-corrected chi connectivity index (χ0v) is 18.4. The van der Waals surface area contributed by atoms with E-state index in [2.05, 4.69) is 33.8 Å². The molecule has 1 spiro atoms. The quantitative estimate of drug-likeness (QED) is 0.494. The number of aliphatic hydroxyl groups excluding tert-OH is 3. The smallest absolute Gasteiger partial charge is 0.106 e. The second-order valence-corrected chi connectivity index (χ2v) is 11.4. The lowest BCUT2D eigenvalue weighted by Crippen LogP contribution is -2.64. The summed E-state index contributed by atoms with van der Waals surface area (Å²) >= 11 is 0. The zero-order valence-electron chi connectivity index (χ0n) is 18.4. The van der Waals surface area contributed by atoms with Gasteiger partial charge in [0, 0.05) is 11.3 Å². The van der Waals surface area contributed by atoms with E-state index < -0.39 is 11.7 Å². The zero-order chi connectivity index (χ0) is 20.8. The summed E-state index contributed by atoms with van der Waals surface area (Å²) in [5.41, 5.74) is 0.456. The Kier molecular flexibility index (Phi) is 4.43. The summed E-state index contributed by atoms with van der Waals surface area (Å²) in [4.78, 5) is 0. The Labute approximate surface area is 174 Å². The largest absolute Gasteiger partial charge is 0.394 e. The van der Waals surface area contributed by atoms with Crippen molar-refractivity contribution in [3.05, 3.63) is 11.6 Å². The molecule has 1 aliphatic heterocycles. The van der Waals surface area contributed by atoms with Crippen LogP contribution in [0.2, 0.25) is 0 Å². The summed E-state index contributed by atoms with van der Waals surface area (Å²) in [6.07, 6.45) is 7.30. The SMILES string of the molecule is CC(C)(OCCO)C1C[C@H]2O[C@]23C2CC=C4CC(O)CC[C@]4(C)C2CC(O)[C@]13C. The Bertz CT molecular complexity index is 718. The third kappa shape index (κ3) is 2.46. The number of allylic oxidation sites excluding steroid dienone is 1. The van der Waals surface area contributed by atoms with Crippen LogP contribution in [0.3, 0.4) is 0 Å². The van der Waals surface area contributed by atoms with Gasteiger partial charge in [0.15, 0.2) is 0 Å². The minimum Gasteiger partial charge on any atom is -0.394 e. The first-order chi connectivity index (χ1) is 13.6. The van der Waals surface area contributed by atoms with Crippen LogP contribution in [-0.4, -0.2) is 58.0 Å². The molecule has 4 aliphatic carbocycles. The molecule has 0 radical (unpaired) electrons. The lowest BCUT2D eigenvalue weighted by Gasteiger charge is -2.60. The minimum atomic E-state index is -0.429. The van der Waals surface area contributed by atoms with Gasteiger partial charge in [-0.25, -0.2) is 0 Å². The summed E-state index contributed by atoms with van der Waals surface area (Å²) in [6.45, 7) is 9.17. The molecule has 4 fully saturated rings. The van der Waals surface area contributed by atoms with Crippen molar-refractivity contribution in [1.82, 2.24) is 0 Å². The number of hydrogen-bond donors (Lipinski definition) is 3. The molecule has 0 amide bonds. The molecule has 5 nitrogen and oxygen atoms in total. The number of hydrogen-bond acceptors (Lipinski definition) is 5. The normalized spacial score (nSPS) is 53.4. The van der Waals surface area contributed by atoms with Crippen LogP contribution >= 0.6 is 0 Å². The Morgan fingerprint density at radius 2 is 1.97 bits per heavy atom. The van der Waals surface area contributed by atoms with E-state index >= 15 is 0 Å². The van der Waals surface area contributed by atoms with Gasteiger partial charge in [0.25, 0.3) is 0 Å². The summed E-state index contributed by atoms with van der Waals surface area (Å²) in [6, 6.07) is 0. The predicted octanol–water partition coefficient (Wildman–Crippen LogP) is 2.82. The lowest BCUT2D eigenvalue weighted by molar-refractivity contribution is -0.200. The van der Waals surface area contributed by atoms with Crippen LogP contribution in [0.4, 0.5) is 0 Å². The van der Waals surface area contributed by atoms with E-state index in [4.69, 9.17) is 9.47 Å². The molecular formula is C24H38O5. The molecular weight excluding hydrogens is 368 g/mol. The predicted molar refractivity (Wildman–Crippen MR) is 109 cm³/mol. The molecule has 3 saturated carbocycles. The minimum absolute atomic E-state index is 0.0168. The van der Waals surface area contributed by atoms with E-state index in [1.807, 2.05) is 0 Å². The Morgan fingerprint density at radius 1 is 1.21 bits per heavy atom. The first-order valence-electron chi connectivity index (χ1n) is 11.6. The molecule has 0 bridgehead atoms. The average molecular weight is 407 g/mol. The molecule has 5 aliphatic rings. The summed E-state index contributed by atoms with van der Waals surface area (Å²) in [5.74, 6) is 1.02. The molecule has 1 saturated heterocycles. The van der Waals surface area contributed by atoms with E-state index in [1.54, 1.807) is 0 Å². The number of epoxide rings is 1. The molecule has 5 rings (SSSR count). The second kappa shape index (κ2) is 6.29. The molecule has 5 unspecified atom stereocenters. The number of ether oxygens (including phenoxy) is 2. The lowest BCUT2D eigenvalue weighted by atomic mass is 9.45. The van der Waals surface area contributed by atoms with Crippen LogP contribution < -0.4 is 0 Å². The fraction of sp³-hybridized carbons (Fsp3) is 0.917. The van der Waals surface area contributed by atoms with Crippen LogP contribution in [0.1, 0.15) is 66.2 Å². The number of fused-ring (bicyclic) bond motifs is 3. The van der Waals surface area contributed by atoms with E-state index in [1.165, 1.54) is 5.57 Å². The van der Waals surface area contributed by atoms with E-state index in [-0.39, 0.29) is 41.2 Å². The van der Waals surface area contributed by atoms with Gasteiger partial charge in [0.1, 0.15) is 5.60 Å². The molecule has 3 N–H and O–H groups in total. The number of rotatable bonds is 4. The Balaban J connectivity index is 1.51. The molecule has 5 heteroatoms. The van der Waals surface area contributed by atoms with Crippen molar-refractivity contribution in [2.45, 2.75) is 95.7 Å². The molecule has 29 heavy (non-hydrogen) atoms. The monoisotopic (exact) mass is 406 g/mol. The van der Waals surface area contributed by atoms with Crippen molar-refractivity contribution in [3.8, 4) is 0 Å². The first kappa shape index (κ1) is 20.4. The highest BCUT2D eigenvalue weighted by Gasteiger charge is 2.83. The average Bonchev–Trinajstić information content (AvgIpc) is 3.32. The van der Waals surface area contributed by atoms with Crippen LogP contribution in [0, 0.1) is 28.6 Å². The topological polar surface area (TPSA) is 82.5 Å². The molecule has 9 atom stereocenters. The van der Waals surface area contributed by atoms with Gasteiger partial charge in [0.05, 0.1) is 37.1 Å². The highest BCUT2D eigenvalue weighted by molar-refractivity contribution is 5.35. The first-order valence-corrected chi connectivity index (χ1v) is 11.6. The van der Waals surface area contributed by atoms with Gasteiger partial charge < -0.3 is 24.8 Å². The molecule has 0 aromatic carbocycles. The molecule has 0 aromatic heterocycles. The third-order valence-electron chi connectivity index (χ3n) is 10.0. The maximum Gasteiger partial charge on any atom is 0.106 e. The maximum absolute atomic E-state index is 11.6. The fourth-order valence-corrected chi connectivity index (χ4v) is 8.48. The molecule has 164 valence electrons. The van der Waals surface area contributed by atoms with Crippen LogP contribution in [0.5, 0.6) is 0 Å².